The lowest BCUT2D eigenvalue weighted by molar-refractivity contribution is -0.148. The predicted molar refractivity (Wildman–Crippen MR) is 161 cm³/mol. The van der Waals surface area contributed by atoms with E-state index in [-0.39, 0.29) is 35.1 Å². The first-order valence-electron chi connectivity index (χ1n) is 14.8. The normalized spacial score (nSPS) is 27.4. The van der Waals surface area contributed by atoms with Crippen LogP contribution in [0.1, 0.15) is 61.5 Å². The molecule has 6 N–H and O–H groups in total. The quantitative estimate of drug-likeness (QED) is 0.294. The Bertz CT molecular complexity index is 1470. The minimum Gasteiger partial charge on any atom is -0.510 e. The number of likely N-dealkylation sites (N-methyl/N-ethyl adjacent to an activating group) is 1. The van der Waals surface area contributed by atoms with Gasteiger partial charge in [-0.2, -0.15) is 0 Å². The molecule has 0 spiro atoms. The van der Waals surface area contributed by atoms with Gasteiger partial charge in [0.05, 0.1) is 11.6 Å². The average Bonchev–Trinajstić information content (AvgIpc) is 3.70. The lowest BCUT2D eigenvalue weighted by Gasteiger charge is -2.50. The minimum atomic E-state index is -2.65. The maximum Gasteiger partial charge on any atom is 0.255 e. The highest BCUT2D eigenvalue weighted by atomic mass is 16.3. The summed E-state index contributed by atoms with van der Waals surface area (Å²) < 4.78 is 0. The molecule has 11 heteroatoms. The minimum absolute atomic E-state index is 0.0297. The number of hydrogen-bond donors (Lipinski definition) is 5. The van der Waals surface area contributed by atoms with Gasteiger partial charge >= 0.3 is 0 Å². The van der Waals surface area contributed by atoms with Gasteiger partial charge < -0.3 is 31.1 Å². The Labute approximate surface area is 252 Å². The van der Waals surface area contributed by atoms with E-state index in [0.717, 1.165) is 30.6 Å². The van der Waals surface area contributed by atoms with E-state index < -0.39 is 58.0 Å². The van der Waals surface area contributed by atoms with Crippen LogP contribution in [0.4, 0.5) is 5.69 Å². The molecular weight excluding hydrogens is 552 g/mol. The van der Waals surface area contributed by atoms with E-state index in [9.17, 15) is 34.8 Å². The van der Waals surface area contributed by atoms with Crippen LogP contribution in [0, 0.1) is 17.3 Å². The van der Waals surface area contributed by atoms with Crippen molar-refractivity contribution in [3.05, 3.63) is 45.4 Å². The average molecular weight is 597 g/mol. The number of allylic oxidation sites excluding steroid dienone is 1. The monoisotopic (exact) mass is 596 g/mol. The van der Waals surface area contributed by atoms with Crippen LogP contribution in [-0.4, -0.2) is 100 Å². The zero-order chi connectivity index (χ0) is 31.9. The number of Topliss-reactive ketones (excluding diaryl/α,β-unsaturated/α-hetero) is 2. The van der Waals surface area contributed by atoms with Crippen LogP contribution in [0.5, 0.6) is 5.75 Å². The van der Waals surface area contributed by atoms with E-state index >= 15 is 0 Å². The molecule has 0 bridgehead atoms. The van der Waals surface area contributed by atoms with E-state index in [1.165, 1.54) is 0 Å². The predicted octanol–water partition coefficient (Wildman–Crippen LogP) is 2.20. The van der Waals surface area contributed by atoms with E-state index in [2.05, 4.69) is 25.7 Å². The number of rotatable bonds is 7. The number of amides is 1. The fourth-order valence-electron chi connectivity index (χ4n) is 7.63. The van der Waals surface area contributed by atoms with Crippen LogP contribution in [-0.2, 0) is 22.6 Å². The molecular formula is C32H44N4O7. The Balaban J connectivity index is 1.65. The Morgan fingerprint density at radius 1 is 1.09 bits per heavy atom. The molecule has 1 saturated carbocycles. The number of phenolic OH excluding ortho intramolecular Hbond substituents is 1. The summed E-state index contributed by atoms with van der Waals surface area (Å²) in [6, 6.07) is 1.06. The number of phenols is 1. The third-order valence-electron chi connectivity index (χ3n) is 9.34. The van der Waals surface area contributed by atoms with Crippen molar-refractivity contribution in [3.63, 3.8) is 0 Å². The number of aromatic hydroxyl groups is 1. The van der Waals surface area contributed by atoms with Crippen LogP contribution in [0.15, 0.2) is 28.7 Å². The zero-order valence-corrected chi connectivity index (χ0v) is 26.1. The van der Waals surface area contributed by atoms with Gasteiger partial charge in [0.2, 0.25) is 5.78 Å². The van der Waals surface area contributed by atoms with Crippen molar-refractivity contribution >= 4 is 23.2 Å². The maximum atomic E-state index is 14.1. The number of ketones is 2. The maximum absolute atomic E-state index is 14.1. The Hall–Kier alpha value is -3.41. The molecule has 4 aliphatic carbocycles. The van der Waals surface area contributed by atoms with Gasteiger partial charge in [0.15, 0.2) is 11.4 Å². The molecule has 11 nitrogen and oxygen atoms in total. The lowest BCUT2D eigenvalue weighted by Crippen LogP contribution is -2.63. The SMILES string of the molecule is CN(C)c1c(CN(CC(C)(C)C)C2CC2)cc(O)c2c1C[C@H]1C[C@H]3[C@H](N(C)C)C(O)=C(C(N)=O)C(=O)[C@@]3(O)C(O)=C1C2=O. The van der Waals surface area contributed by atoms with Crippen LogP contribution >= 0.6 is 0 Å². The van der Waals surface area contributed by atoms with Crippen LogP contribution in [0.25, 0.3) is 0 Å². The molecule has 0 saturated heterocycles. The molecule has 0 aromatic heterocycles. The number of anilines is 1. The highest BCUT2D eigenvalue weighted by Gasteiger charge is 2.63. The van der Waals surface area contributed by atoms with Crippen molar-refractivity contribution in [2.24, 2.45) is 23.0 Å². The fraction of sp³-hybridized carbons (Fsp3) is 0.594. The van der Waals surface area contributed by atoms with Gasteiger partial charge in [-0.25, -0.2) is 0 Å². The van der Waals surface area contributed by atoms with E-state index in [4.69, 9.17) is 5.73 Å². The molecule has 1 fully saturated rings. The van der Waals surface area contributed by atoms with Crippen LogP contribution in [0.3, 0.4) is 0 Å². The highest BCUT2D eigenvalue weighted by molar-refractivity contribution is 6.24. The number of benzene rings is 1. The van der Waals surface area contributed by atoms with Gasteiger partial charge in [0.25, 0.3) is 5.91 Å². The van der Waals surface area contributed by atoms with E-state index in [1.807, 2.05) is 19.0 Å². The summed E-state index contributed by atoms with van der Waals surface area (Å²) in [5, 5.41) is 45.7. The molecule has 1 aromatic carbocycles. The number of carbonyl (C=O) groups is 3. The summed E-state index contributed by atoms with van der Waals surface area (Å²) in [4.78, 5) is 45.7. The zero-order valence-electron chi connectivity index (χ0n) is 26.1. The summed E-state index contributed by atoms with van der Waals surface area (Å²) >= 11 is 0. The number of primary amides is 1. The van der Waals surface area contributed by atoms with Crippen molar-refractivity contribution < 1.29 is 34.8 Å². The molecule has 234 valence electrons. The first-order valence-corrected chi connectivity index (χ1v) is 14.8. The number of nitrogens with zero attached hydrogens (tertiary/aromatic N) is 3. The number of fused-ring (bicyclic) bond motifs is 3. The van der Waals surface area contributed by atoms with Crippen molar-refractivity contribution in [1.29, 1.82) is 0 Å². The Morgan fingerprint density at radius 3 is 2.23 bits per heavy atom. The second kappa shape index (κ2) is 10.3. The highest BCUT2D eigenvalue weighted by Crippen LogP contribution is 2.53. The van der Waals surface area contributed by atoms with E-state index in [1.54, 1.807) is 25.1 Å². The molecule has 43 heavy (non-hydrogen) atoms. The van der Waals surface area contributed by atoms with Crippen molar-refractivity contribution in [1.82, 2.24) is 9.80 Å². The number of hydrogen-bond acceptors (Lipinski definition) is 10. The third-order valence-corrected chi connectivity index (χ3v) is 9.34. The number of carbonyl (C=O) groups excluding carboxylic acids is 3. The summed E-state index contributed by atoms with van der Waals surface area (Å²) in [7, 11) is 7.02. The smallest absolute Gasteiger partial charge is 0.255 e. The van der Waals surface area contributed by atoms with Gasteiger partial charge in [0.1, 0.15) is 22.8 Å². The van der Waals surface area contributed by atoms with Gasteiger partial charge in [-0.3, -0.25) is 24.2 Å². The summed E-state index contributed by atoms with van der Waals surface area (Å²) in [5.74, 6) is -6.49. The number of nitrogens with two attached hydrogens (primary N) is 1. The first kappa shape index (κ1) is 31.0. The molecule has 0 radical (unpaired) electrons. The Morgan fingerprint density at radius 2 is 1.72 bits per heavy atom. The molecule has 4 atom stereocenters. The van der Waals surface area contributed by atoms with Crippen molar-refractivity contribution in [2.45, 2.75) is 70.7 Å². The van der Waals surface area contributed by atoms with Gasteiger partial charge in [-0.15, -0.1) is 0 Å². The largest absolute Gasteiger partial charge is 0.510 e. The summed E-state index contributed by atoms with van der Waals surface area (Å²) in [6.45, 7) is 8.05. The first-order chi connectivity index (χ1) is 19.9. The Kier molecular flexibility index (Phi) is 7.47. The molecule has 0 heterocycles. The fourth-order valence-corrected chi connectivity index (χ4v) is 7.63. The number of aliphatic hydroxyl groups excluding tert-OH is 2. The molecule has 4 aliphatic rings. The van der Waals surface area contributed by atoms with Crippen molar-refractivity contribution in [3.8, 4) is 5.75 Å². The van der Waals surface area contributed by atoms with Gasteiger partial charge in [-0.1, -0.05) is 20.8 Å². The van der Waals surface area contributed by atoms with Crippen LogP contribution < -0.4 is 10.6 Å². The molecule has 1 aromatic rings. The summed E-state index contributed by atoms with van der Waals surface area (Å²) in [6.07, 6.45) is 2.55. The summed E-state index contributed by atoms with van der Waals surface area (Å²) in [5.41, 5.74) is 4.25. The van der Waals surface area contributed by atoms with E-state index in [0.29, 0.717) is 18.2 Å². The lowest BCUT2D eigenvalue weighted by atomic mass is 9.58. The molecule has 1 amide bonds. The standard InChI is InChI=1S/C32H44N4O7/c1-31(2,3)14-36(17-8-9-17)13-16-12-20(37)22-18(24(16)34(4)5)10-15-11-19-25(35(6)7)27(39)23(30(33)42)29(41)32(19,43)28(40)21(15)26(22)38/h12,15,17,19,25,37,39-40,43H,8-11,13-14H2,1-7H3,(H2,33,42)/t15-,19-,25-,32-/m0/s1. The number of aliphatic hydroxyl groups is 3. The van der Waals surface area contributed by atoms with Gasteiger partial charge in [0, 0.05) is 50.4 Å². The second-order valence-electron chi connectivity index (χ2n) is 14.3. The topological polar surface area (TPSA) is 168 Å². The second-order valence-corrected chi connectivity index (χ2v) is 14.3. The molecule has 0 aliphatic heterocycles. The van der Waals surface area contributed by atoms with Crippen molar-refractivity contribution in [2.75, 3.05) is 39.6 Å². The van der Waals surface area contributed by atoms with Gasteiger partial charge in [-0.05, 0) is 68.3 Å². The van der Waals surface area contributed by atoms with Crippen LogP contribution in [0.2, 0.25) is 0 Å². The molecule has 0 unspecified atom stereocenters. The molecule has 5 rings (SSSR count). The third kappa shape index (κ3) is 4.91.